The van der Waals surface area contributed by atoms with Crippen molar-refractivity contribution in [3.63, 3.8) is 0 Å². The number of aromatic nitrogens is 3. The number of ether oxygens (including phenoxy) is 2. The molecule has 9 heteroatoms. The predicted molar refractivity (Wildman–Crippen MR) is 125 cm³/mol. The molecule has 1 atom stereocenters. The number of nitrogens with one attached hydrogen (secondary N) is 2. The zero-order chi connectivity index (χ0) is 24.0. The van der Waals surface area contributed by atoms with Gasteiger partial charge < -0.3 is 20.1 Å². The van der Waals surface area contributed by atoms with E-state index in [1.54, 1.807) is 51.2 Å². The van der Waals surface area contributed by atoms with E-state index in [-0.39, 0.29) is 11.8 Å². The lowest BCUT2D eigenvalue weighted by atomic mass is 9.79. The molecule has 1 saturated carbocycles. The van der Waals surface area contributed by atoms with Crippen molar-refractivity contribution in [1.82, 2.24) is 20.1 Å². The van der Waals surface area contributed by atoms with E-state index in [0.717, 1.165) is 31.2 Å². The van der Waals surface area contributed by atoms with Gasteiger partial charge in [0, 0.05) is 18.0 Å². The standard InChI is InChI=1S/C24H35N5O4/c1-16-8-10-17(11-9-16)20(28-23(31)33-24(2,3)4)21(30)27-19-13-26-29(15-19)14-18-7-6-12-25-22(18)32-5/h6-7,12-13,15-17,20H,8-11,14H2,1-5H3,(H,27,30)(H,28,31)/t16-,17-,20-/m0/s1. The summed E-state index contributed by atoms with van der Waals surface area (Å²) < 4.78 is 12.4. The van der Waals surface area contributed by atoms with Gasteiger partial charge in [0.2, 0.25) is 11.8 Å². The van der Waals surface area contributed by atoms with E-state index >= 15 is 0 Å². The first kappa shape index (κ1) is 24.5. The molecule has 2 aromatic heterocycles. The van der Waals surface area contributed by atoms with E-state index in [9.17, 15) is 9.59 Å². The van der Waals surface area contributed by atoms with Crippen molar-refractivity contribution >= 4 is 17.7 Å². The van der Waals surface area contributed by atoms with Crippen LogP contribution in [0.1, 0.15) is 58.9 Å². The Kier molecular flexibility index (Phi) is 7.94. The van der Waals surface area contributed by atoms with Crippen LogP contribution in [0.5, 0.6) is 5.88 Å². The lowest BCUT2D eigenvalue weighted by molar-refractivity contribution is -0.119. The summed E-state index contributed by atoms with van der Waals surface area (Å²) in [6.07, 6.45) is 8.27. The quantitative estimate of drug-likeness (QED) is 0.651. The molecule has 0 unspecified atom stereocenters. The average Bonchev–Trinajstić information content (AvgIpc) is 3.18. The van der Waals surface area contributed by atoms with Crippen molar-refractivity contribution < 1.29 is 19.1 Å². The maximum atomic E-state index is 13.2. The Bertz CT molecular complexity index is 944. The van der Waals surface area contributed by atoms with Gasteiger partial charge >= 0.3 is 6.09 Å². The molecule has 0 aliphatic heterocycles. The third-order valence-corrected chi connectivity index (χ3v) is 5.76. The Balaban J connectivity index is 1.69. The van der Waals surface area contributed by atoms with Gasteiger partial charge in [0.05, 0.1) is 25.5 Å². The molecule has 2 aromatic rings. The lowest BCUT2D eigenvalue weighted by Gasteiger charge is -2.32. The van der Waals surface area contributed by atoms with E-state index in [1.807, 2.05) is 12.1 Å². The van der Waals surface area contributed by atoms with Gasteiger partial charge in [0.15, 0.2) is 0 Å². The highest BCUT2D eigenvalue weighted by molar-refractivity contribution is 5.96. The number of anilines is 1. The third-order valence-electron chi connectivity index (χ3n) is 5.76. The fourth-order valence-electron chi connectivity index (χ4n) is 4.09. The SMILES string of the molecule is COc1ncccc1Cn1cc(NC(=O)[C@@H](NC(=O)OC(C)(C)C)[C@H]2CC[C@H](C)CC2)cn1. The Morgan fingerprint density at radius 3 is 2.64 bits per heavy atom. The van der Waals surface area contributed by atoms with Gasteiger partial charge in [-0.3, -0.25) is 9.48 Å². The Hall–Kier alpha value is -3.10. The van der Waals surface area contributed by atoms with Gasteiger partial charge in [-0.05, 0) is 51.5 Å². The summed E-state index contributed by atoms with van der Waals surface area (Å²) in [6, 6.07) is 3.08. The van der Waals surface area contributed by atoms with Crippen LogP contribution < -0.4 is 15.4 Å². The number of rotatable bonds is 7. The number of methoxy groups -OCH3 is 1. The van der Waals surface area contributed by atoms with Crippen LogP contribution in [0.15, 0.2) is 30.7 Å². The van der Waals surface area contributed by atoms with Crippen LogP contribution in [0.25, 0.3) is 0 Å². The number of hydrogen-bond acceptors (Lipinski definition) is 6. The van der Waals surface area contributed by atoms with Gasteiger partial charge in [0.25, 0.3) is 0 Å². The topological polar surface area (TPSA) is 107 Å². The third kappa shape index (κ3) is 7.20. The summed E-state index contributed by atoms with van der Waals surface area (Å²) in [5.41, 5.74) is 0.797. The first-order valence-corrected chi connectivity index (χ1v) is 11.5. The Morgan fingerprint density at radius 2 is 1.97 bits per heavy atom. The molecule has 0 spiro atoms. The van der Waals surface area contributed by atoms with Crippen LogP contribution in [0.4, 0.5) is 10.5 Å². The minimum Gasteiger partial charge on any atom is -0.481 e. The fraction of sp³-hybridized carbons (Fsp3) is 0.583. The zero-order valence-corrected chi connectivity index (χ0v) is 20.1. The summed E-state index contributed by atoms with van der Waals surface area (Å²) >= 11 is 0. The number of carbonyl (C=O) groups is 2. The summed E-state index contributed by atoms with van der Waals surface area (Å²) in [7, 11) is 1.57. The average molecular weight is 458 g/mol. The number of amides is 2. The molecule has 1 aliphatic rings. The monoisotopic (exact) mass is 457 g/mol. The minimum atomic E-state index is -0.672. The highest BCUT2D eigenvalue weighted by Gasteiger charge is 2.34. The van der Waals surface area contributed by atoms with Crippen LogP contribution in [-0.2, 0) is 16.1 Å². The van der Waals surface area contributed by atoms with Gasteiger partial charge in [0.1, 0.15) is 11.6 Å². The van der Waals surface area contributed by atoms with Gasteiger partial charge in [-0.2, -0.15) is 5.10 Å². The van der Waals surface area contributed by atoms with Crippen molar-refractivity contribution in [2.75, 3.05) is 12.4 Å². The number of nitrogens with zero attached hydrogens (tertiary/aromatic N) is 3. The normalized spacial score (nSPS) is 19.4. The molecule has 1 aliphatic carbocycles. The number of alkyl carbamates (subject to hydrolysis) is 1. The van der Waals surface area contributed by atoms with Crippen molar-refractivity contribution in [2.45, 2.75) is 71.6 Å². The molecular formula is C24H35N5O4. The van der Waals surface area contributed by atoms with E-state index in [1.165, 1.54) is 0 Å². The molecule has 3 rings (SSSR count). The molecule has 1 fully saturated rings. The Labute approximate surface area is 195 Å². The van der Waals surface area contributed by atoms with Crippen LogP contribution in [-0.4, -0.2) is 45.5 Å². The van der Waals surface area contributed by atoms with E-state index < -0.39 is 17.7 Å². The van der Waals surface area contributed by atoms with Crippen molar-refractivity contribution in [2.24, 2.45) is 11.8 Å². The molecule has 2 amide bonds. The largest absolute Gasteiger partial charge is 0.481 e. The molecule has 180 valence electrons. The maximum absolute atomic E-state index is 13.2. The van der Waals surface area contributed by atoms with Gasteiger partial charge in [-0.25, -0.2) is 9.78 Å². The van der Waals surface area contributed by atoms with Crippen LogP contribution in [0.2, 0.25) is 0 Å². The van der Waals surface area contributed by atoms with E-state index in [0.29, 0.717) is 24.0 Å². The molecule has 0 aromatic carbocycles. The smallest absolute Gasteiger partial charge is 0.408 e. The minimum absolute atomic E-state index is 0.0587. The van der Waals surface area contributed by atoms with Crippen molar-refractivity contribution in [1.29, 1.82) is 0 Å². The molecule has 2 N–H and O–H groups in total. The molecule has 2 heterocycles. The fourth-order valence-corrected chi connectivity index (χ4v) is 4.09. The maximum Gasteiger partial charge on any atom is 0.408 e. The zero-order valence-electron chi connectivity index (χ0n) is 20.1. The van der Waals surface area contributed by atoms with Crippen LogP contribution in [0, 0.1) is 11.8 Å². The first-order chi connectivity index (χ1) is 15.6. The summed E-state index contributed by atoms with van der Waals surface area (Å²) in [5.74, 6) is 0.961. The van der Waals surface area contributed by atoms with Crippen LogP contribution >= 0.6 is 0 Å². The first-order valence-electron chi connectivity index (χ1n) is 11.5. The predicted octanol–water partition coefficient (Wildman–Crippen LogP) is 3.99. The molecule has 0 saturated heterocycles. The van der Waals surface area contributed by atoms with E-state index in [4.69, 9.17) is 9.47 Å². The van der Waals surface area contributed by atoms with Gasteiger partial charge in [-0.1, -0.05) is 25.8 Å². The highest BCUT2D eigenvalue weighted by Crippen LogP contribution is 2.31. The second kappa shape index (κ2) is 10.7. The van der Waals surface area contributed by atoms with Gasteiger partial charge in [-0.15, -0.1) is 0 Å². The summed E-state index contributed by atoms with van der Waals surface area (Å²) in [6.45, 7) is 8.08. The number of carbonyl (C=O) groups excluding carboxylic acids is 2. The highest BCUT2D eigenvalue weighted by atomic mass is 16.6. The second-order valence-electron chi connectivity index (χ2n) is 9.73. The Morgan fingerprint density at radius 1 is 1.24 bits per heavy atom. The van der Waals surface area contributed by atoms with Crippen molar-refractivity contribution in [3.05, 3.63) is 36.3 Å². The molecule has 33 heavy (non-hydrogen) atoms. The summed E-state index contributed by atoms with van der Waals surface area (Å²) in [4.78, 5) is 29.9. The second-order valence-corrected chi connectivity index (χ2v) is 9.73. The molecule has 0 radical (unpaired) electrons. The lowest BCUT2D eigenvalue weighted by Crippen LogP contribution is -2.50. The van der Waals surface area contributed by atoms with Crippen LogP contribution in [0.3, 0.4) is 0 Å². The van der Waals surface area contributed by atoms with Crippen molar-refractivity contribution in [3.8, 4) is 5.88 Å². The molecule has 0 bridgehead atoms. The number of hydrogen-bond donors (Lipinski definition) is 2. The number of pyridine rings is 1. The molecule has 9 nitrogen and oxygen atoms in total. The van der Waals surface area contributed by atoms with E-state index in [2.05, 4.69) is 27.6 Å². The molecular weight excluding hydrogens is 422 g/mol. The summed E-state index contributed by atoms with van der Waals surface area (Å²) in [5, 5.41) is 10.1.